The van der Waals surface area contributed by atoms with Gasteiger partial charge in [-0.15, -0.1) is 0 Å². The highest BCUT2D eigenvalue weighted by molar-refractivity contribution is 5.95. The fraction of sp³-hybridized carbons (Fsp3) is 0.450. The molecule has 2 aromatic rings. The van der Waals surface area contributed by atoms with Gasteiger partial charge in [0.15, 0.2) is 5.82 Å². The first-order chi connectivity index (χ1) is 12.7. The lowest BCUT2D eigenvalue weighted by atomic mass is 10.1. The third kappa shape index (κ3) is 3.17. The average Bonchev–Trinajstić information content (AvgIpc) is 3.16. The van der Waals surface area contributed by atoms with Gasteiger partial charge in [-0.1, -0.05) is 6.07 Å². The number of methoxy groups -OCH3 is 1. The SMILES string of the molecule is COc1cccc(C(=O)N2CCC[C@@H]2c2ncc3c(n2)CCN(C)C3)c1. The van der Waals surface area contributed by atoms with Crippen LogP contribution < -0.4 is 4.74 Å². The van der Waals surface area contributed by atoms with Crippen molar-refractivity contribution in [3.63, 3.8) is 0 Å². The van der Waals surface area contributed by atoms with E-state index in [1.54, 1.807) is 13.2 Å². The molecule has 1 atom stereocenters. The molecule has 0 N–H and O–H groups in total. The predicted octanol–water partition coefficient (Wildman–Crippen LogP) is 2.45. The predicted molar refractivity (Wildman–Crippen MR) is 98.1 cm³/mol. The standard InChI is InChI=1S/C20H24N4O2/c1-23-10-8-17-15(13-23)12-21-19(22-17)18-7-4-9-24(18)20(25)14-5-3-6-16(11-14)26-2/h3,5-6,11-12,18H,4,7-10,13H2,1-2H3/t18-/m1/s1. The Morgan fingerprint density at radius 3 is 3.04 bits per heavy atom. The first-order valence-electron chi connectivity index (χ1n) is 9.14. The molecule has 6 heteroatoms. The summed E-state index contributed by atoms with van der Waals surface area (Å²) in [5.41, 5.74) is 2.98. The smallest absolute Gasteiger partial charge is 0.254 e. The number of nitrogens with zero attached hydrogens (tertiary/aromatic N) is 4. The molecular formula is C20H24N4O2. The van der Waals surface area contributed by atoms with E-state index in [-0.39, 0.29) is 11.9 Å². The van der Waals surface area contributed by atoms with Gasteiger partial charge in [-0.3, -0.25) is 4.79 Å². The molecule has 1 aromatic heterocycles. The average molecular weight is 352 g/mol. The maximum absolute atomic E-state index is 13.0. The zero-order valence-electron chi connectivity index (χ0n) is 15.3. The normalized spacial score (nSPS) is 20.1. The minimum absolute atomic E-state index is 0.0208. The van der Waals surface area contributed by atoms with Crippen LogP contribution in [-0.4, -0.2) is 52.9 Å². The second-order valence-corrected chi connectivity index (χ2v) is 7.08. The second-order valence-electron chi connectivity index (χ2n) is 7.08. The van der Waals surface area contributed by atoms with E-state index in [1.807, 2.05) is 29.3 Å². The number of ether oxygens (including phenoxy) is 1. The summed E-state index contributed by atoms with van der Waals surface area (Å²) in [4.78, 5) is 26.7. The van der Waals surface area contributed by atoms with Gasteiger partial charge in [-0.2, -0.15) is 0 Å². The van der Waals surface area contributed by atoms with Crippen molar-refractivity contribution < 1.29 is 9.53 Å². The number of benzene rings is 1. The van der Waals surface area contributed by atoms with Crippen LogP contribution in [0.2, 0.25) is 0 Å². The molecule has 4 rings (SSSR count). The number of fused-ring (bicyclic) bond motifs is 1. The Morgan fingerprint density at radius 2 is 2.19 bits per heavy atom. The number of hydrogen-bond acceptors (Lipinski definition) is 5. The van der Waals surface area contributed by atoms with Crippen molar-refractivity contribution >= 4 is 5.91 Å². The van der Waals surface area contributed by atoms with Crippen molar-refractivity contribution in [3.05, 3.63) is 53.1 Å². The number of carbonyl (C=O) groups is 1. The van der Waals surface area contributed by atoms with Gasteiger partial charge in [0.1, 0.15) is 5.75 Å². The maximum atomic E-state index is 13.0. The topological polar surface area (TPSA) is 58.6 Å². The van der Waals surface area contributed by atoms with Gasteiger partial charge >= 0.3 is 0 Å². The molecule has 1 amide bonds. The van der Waals surface area contributed by atoms with E-state index in [0.717, 1.165) is 50.4 Å². The Balaban J connectivity index is 1.59. The monoisotopic (exact) mass is 352 g/mol. The third-order valence-electron chi connectivity index (χ3n) is 5.27. The quantitative estimate of drug-likeness (QED) is 0.849. The summed E-state index contributed by atoms with van der Waals surface area (Å²) in [6.07, 6.45) is 4.77. The summed E-state index contributed by atoms with van der Waals surface area (Å²) < 4.78 is 5.25. The van der Waals surface area contributed by atoms with Crippen molar-refractivity contribution in [1.82, 2.24) is 19.8 Å². The summed E-state index contributed by atoms with van der Waals surface area (Å²) in [6.45, 7) is 2.65. The zero-order valence-corrected chi connectivity index (χ0v) is 15.3. The fourth-order valence-corrected chi connectivity index (χ4v) is 3.83. The Morgan fingerprint density at radius 1 is 1.31 bits per heavy atom. The minimum Gasteiger partial charge on any atom is -0.497 e. The van der Waals surface area contributed by atoms with Crippen LogP contribution in [0, 0.1) is 0 Å². The van der Waals surface area contributed by atoms with Crippen LogP contribution in [0.1, 0.15) is 46.3 Å². The number of aromatic nitrogens is 2. The van der Waals surface area contributed by atoms with Gasteiger partial charge in [0.25, 0.3) is 5.91 Å². The molecule has 0 saturated carbocycles. The maximum Gasteiger partial charge on any atom is 0.254 e. The molecular weight excluding hydrogens is 328 g/mol. The van der Waals surface area contributed by atoms with Crippen molar-refractivity contribution in [3.8, 4) is 5.75 Å². The number of rotatable bonds is 3. The van der Waals surface area contributed by atoms with Crippen LogP contribution in [0.3, 0.4) is 0 Å². The number of amides is 1. The molecule has 0 unspecified atom stereocenters. The van der Waals surface area contributed by atoms with E-state index in [2.05, 4.69) is 16.9 Å². The van der Waals surface area contributed by atoms with Gasteiger partial charge in [0, 0.05) is 49.1 Å². The molecule has 136 valence electrons. The minimum atomic E-state index is -0.0429. The molecule has 1 saturated heterocycles. The molecule has 6 nitrogen and oxygen atoms in total. The van der Waals surface area contributed by atoms with Crippen molar-refractivity contribution in [1.29, 1.82) is 0 Å². The molecule has 0 aliphatic carbocycles. The van der Waals surface area contributed by atoms with E-state index in [4.69, 9.17) is 9.72 Å². The third-order valence-corrected chi connectivity index (χ3v) is 5.27. The van der Waals surface area contributed by atoms with Crippen molar-refractivity contribution in [2.75, 3.05) is 27.2 Å². The summed E-state index contributed by atoms with van der Waals surface area (Å²) >= 11 is 0. The van der Waals surface area contributed by atoms with E-state index in [0.29, 0.717) is 11.3 Å². The highest BCUT2D eigenvalue weighted by Crippen LogP contribution is 2.32. The number of likely N-dealkylation sites (tertiary alicyclic amines) is 1. The van der Waals surface area contributed by atoms with E-state index < -0.39 is 0 Å². The molecule has 2 aliphatic rings. The molecule has 0 bridgehead atoms. The number of likely N-dealkylation sites (N-methyl/N-ethyl adjacent to an activating group) is 1. The molecule has 1 aromatic carbocycles. The van der Waals surface area contributed by atoms with Crippen molar-refractivity contribution in [2.24, 2.45) is 0 Å². The lowest BCUT2D eigenvalue weighted by Crippen LogP contribution is -2.32. The Bertz CT molecular complexity index is 823. The molecule has 2 aliphatic heterocycles. The van der Waals surface area contributed by atoms with Crippen LogP contribution >= 0.6 is 0 Å². The Labute approximate surface area is 153 Å². The lowest BCUT2D eigenvalue weighted by molar-refractivity contribution is 0.0729. The fourth-order valence-electron chi connectivity index (χ4n) is 3.83. The molecule has 3 heterocycles. The van der Waals surface area contributed by atoms with Crippen LogP contribution in [0.15, 0.2) is 30.5 Å². The van der Waals surface area contributed by atoms with Gasteiger partial charge in [0.2, 0.25) is 0 Å². The first-order valence-corrected chi connectivity index (χ1v) is 9.14. The van der Waals surface area contributed by atoms with Gasteiger partial charge in [-0.25, -0.2) is 9.97 Å². The Kier molecular flexibility index (Phi) is 4.59. The van der Waals surface area contributed by atoms with E-state index >= 15 is 0 Å². The molecule has 26 heavy (non-hydrogen) atoms. The van der Waals surface area contributed by atoms with Crippen molar-refractivity contribution in [2.45, 2.75) is 31.8 Å². The van der Waals surface area contributed by atoms with Gasteiger partial charge in [0.05, 0.1) is 13.2 Å². The van der Waals surface area contributed by atoms with Crippen LogP contribution in [-0.2, 0) is 13.0 Å². The summed E-state index contributed by atoms with van der Waals surface area (Å²) in [5, 5.41) is 0. The van der Waals surface area contributed by atoms with Crippen LogP contribution in [0.5, 0.6) is 5.75 Å². The van der Waals surface area contributed by atoms with Crippen LogP contribution in [0.25, 0.3) is 0 Å². The summed E-state index contributed by atoms with van der Waals surface area (Å²) in [6, 6.07) is 7.29. The van der Waals surface area contributed by atoms with Gasteiger partial charge in [-0.05, 0) is 38.1 Å². The summed E-state index contributed by atoms with van der Waals surface area (Å²) in [5.74, 6) is 1.50. The van der Waals surface area contributed by atoms with Crippen LogP contribution in [0.4, 0.5) is 0 Å². The molecule has 0 radical (unpaired) electrons. The lowest BCUT2D eigenvalue weighted by Gasteiger charge is -2.27. The van der Waals surface area contributed by atoms with E-state index in [1.165, 1.54) is 5.56 Å². The Hall–Kier alpha value is -2.47. The number of hydrogen-bond donors (Lipinski definition) is 0. The van der Waals surface area contributed by atoms with Gasteiger partial charge < -0.3 is 14.5 Å². The first kappa shape index (κ1) is 17.0. The molecule has 0 spiro atoms. The van der Waals surface area contributed by atoms with E-state index in [9.17, 15) is 4.79 Å². The largest absolute Gasteiger partial charge is 0.497 e. The number of carbonyl (C=O) groups excluding carboxylic acids is 1. The highest BCUT2D eigenvalue weighted by Gasteiger charge is 2.33. The molecule has 1 fully saturated rings. The highest BCUT2D eigenvalue weighted by atomic mass is 16.5. The summed E-state index contributed by atoms with van der Waals surface area (Å²) in [7, 11) is 3.73. The second kappa shape index (κ2) is 7.03. The zero-order chi connectivity index (χ0) is 18.1.